The van der Waals surface area contributed by atoms with Crippen molar-refractivity contribution in [3.63, 3.8) is 0 Å². The van der Waals surface area contributed by atoms with E-state index in [-0.39, 0.29) is 0 Å². The second kappa shape index (κ2) is 5.33. The van der Waals surface area contributed by atoms with Crippen LogP contribution in [0.15, 0.2) is 42.6 Å². The zero-order valence-corrected chi connectivity index (χ0v) is 9.69. The lowest BCUT2D eigenvalue weighted by Crippen LogP contribution is -1.97. The van der Waals surface area contributed by atoms with Crippen LogP contribution in [-0.4, -0.2) is 4.98 Å². The molecule has 0 saturated carbocycles. The summed E-state index contributed by atoms with van der Waals surface area (Å²) in [4.78, 5) is 3.89. The third kappa shape index (κ3) is 2.96. The minimum Gasteiger partial charge on any atom is -0.488 e. The number of benzene rings is 1. The highest BCUT2D eigenvalue weighted by atomic mass is 35.5. The Bertz CT molecular complexity index is 563. The number of pyridine rings is 1. The highest BCUT2D eigenvalue weighted by molar-refractivity contribution is 6.29. The SMILES string of the molecule is N#Cc1ccccc1OCc1ccnc(Cl)c1. The molecule has 0 fully saturated rings. The molecule has 0 aliphatic rings. The zero-order valence-electron chi connectivity index (χ0n) is 8.93. The highest BCUT2D eigenvalue weighted by Crippen LogP contribution is 2.18. The molecule has 1 aromatic carbocycles. The molecule has 2 rings (SSSR count). The minimum absolute atomic E-state index is 0.362. The van der Waals surface area contributed by atoms with Gasteiger partial charge in [-0.15, -0.1) is 0 Å². The van der Waals surface area contributed by atoms with E-state index in [0.29, 0.717) is 23.1 Å². The molecule has 0 unspecified atom stereocenters. The predicted octanol–water partition coefficient (Wildman–Crippen LogP) is 3.19. The summed E-state index contributed by atoms with van der Waals surface area (Å²) in [5.74, 6) is 0.572. The van der Waals surface area contributed by atoms with E-state index in [1.54, 1.807) is 30.5 Å². The van der Waals surface area contributed by atoms with Crippen molar-refractivity contribution in [1.29, 1.82) is 5.26 Å². The number of aromatic nitrogens is 1. The molecule has 17 heavy (non-hydrogen) atoms. The number of hydrogen-bond donors (Lipinski definition) is 0. The third-order valence-corrected chi connectivity index (χ3v) is 2.40. The van der Waals surface area contributed by atoms with E-state index < -0.39 is 0 Å². The van der Waals surface area contributed by atoms with Crippen molar-refractivity contribution in [3.05, 3.63) is 58.9 Å². The summed E-state index contributed by atoms with van der Waals surface area (Å²) in [5.41, 5.74) is 1.44. The lowest BCUT2D eigenvalue weighted by atomic mass is 10.2. The van der Waals surface area contributed by atoms with Crippen molar-refractivity contribution in [2.24, 2.45) is 0 Å². The molecule has 0 saturated heterocycles. The Morgan fingerprint density at radius 2 is 2.12 bits per heavy atom. The number of ether oxygens (including phenoxy) is 1. The summed E-state index contributed by atoms with van der Waals surface area (Å²) < 4.78 is 5.56. The fourth-order valence-corrected chi connectivity index (χ4v) is 1.57. The van der Waals surface area contributed by atoms with Gasteiger partial charge in [0.1, 0.15) is 23.6 Å². The molecule has 0 aliphatic heterocycles. The molecule has 0 spiro atoms. The zero-order chi connectivity index (χ0) is 12.1. The number of hydrogen-bond acceptors (Lipinski definition) is 3. The fraction of sp³-hybridized carbons (Fsp3) is 0.0769. The summed E-state index contributed by atoms with van der Waals surface area (Å²) in [6, 6.07) is 12.7. The van der Waals surface area contributed by atoms with Gasteiger partial charge in [0.05, 0.1) is 5.56 Å². The van der Waals surface area contributed by atoms with Gasteiger partial charge in [0.25, 0.3) is 0 Å². The first-order valence-corrected chi connectivity index (χ1v) is 5.40. The van der Waals surface area contributed by atoms with Crippen LogP contribution < -0.4 is 4.74 Å². The van der Waals surface area contributed by atoms with Crippen molar-refractivity contribution < 1.29 is 4.74 Å². The standard InChI is InChI=1S/C13H9ClN2O/c14-13-7-10(5-6-16-13)9-17-12-4-2-1-3-11(12)8-15/h1-7H,9H2. The number of para-hydroxylation sites is 1. The van der Waals surface area contributed by atoms with Crippen LogP contribution in [0.1, 0.15) is 11.1 Å². The molecule has 1 heterocycles. The van der Waals surface area contributed by atoms with Gasteiger partial charge in [-0.1, -0.05) is 23.7 Å². The minimum atomic E-state index is 0.362. The van der Waals surface area contributed by atoms with Crippen LogP contribution in [0.3, 0.4) is 0 Å². The molecular weight excluding hydrogens is 236 g/mol. The first-order chi connectivity index (χ1) is 8.29. The van der Waals surface area contributed by atoms with Crippen LogP contribution >= 0.6 is 11.6 Å². The van der Waals surface area contributed by atoms with Gasteiger partial charge in [-0.3, -0.25) is 0 Å². The van der Waals surface area contributed by atoms with Crippen LogP contribution in [0.25, 0.3) is 0 Å². The largest absolute Gasteiger partial charge is 0.488 e. The maximum absolute atomic E-state index is 8.90. The average molecular weight is 245 g/mol. The maximum Gasteiger partial charge on any atom is 0.137 e. The quantitative estimate of drug-likeness (QED) is 0.779. The van der Waals surface area contributed by atoms with Gasteiger partial charge >= 0.3 is 0 Å². The van der Waals surface area contributed by atoms with Crippen LogP contribution in [0.5, 0.6) is 5.75 Å². The summed E-state index contributed by atoms with van der Waals surface area (Å²) in [7, 11) is 0. The van der Waals surface area contributed by atoms with E-state index in [1.807, 2.05) is 12.1 Å². The van der Waals surface area contributed by atoms with Gasteiger partial charge < -0.3 is 4.74 Å². The van der Waals surface area contributed by atoms with Gasteiger partial charge in [-0.2, -0.15) is 5.26 Å². The normalized spacial score (nSPS) is 9.65. The fourth-order valence-electron chi connectivity index (χ4n) is 1.38. The van der Waals surface area contributed by atoms with Gasteiger partial charge in [0.2, 0.25) is 0 Å². The van der Waals surface area contributed by atoms with Gasteiger partial charge in [0, 0.05) is 6.20 Å². The first-order valence-electron chi connectivity index (χ1n) is 5.02. The van der Waals surface area contributed by atoms with Gasteiger partial charge in [-0.05, 0) is 29.8 Å². The van der Waals surface area contributed by atoms with E-state index in [1.165, 1.54) is 0 Å². The molecule has 3 nitrogen and oxygen atoms in total. The first kappa shape index (κ1) is 11.4. The maximum atomic E-state index is 8.90. The lowest BCUT2D eigenvalue weighted by Gasteiger charge is -2.07. The van der Waals surface area contributed by atoms with E-state index in [4.69, 9.17) is 21.6 Å². The number of halogens is 1. The van der Waals surface area contributed by atoms with Gasteiger partial charge in [0.15, 0.2) is 0 Å². The topological polar surface area (TPSA) is 45.9 Å². The average Bonchev–Trinajstić information content (AvgIpc) is 2.37. The van der Waals surface area contributed by atoms with Crippen molar-refractivity contribution in [1.82, 2.24) is 4.98 Å². The molecule has 4 heteroatoms. The summed E-state index contributed by atoms with van der Waals surface area (Å²) >= 11 is 5.77. The van der Waals surface area contributed by atoms with E-state index in [9.17, 15) is 0 Å². The molecule has 2 aromatic rings. The number of nitriles is 1. The van der Waals surface area contributed by atoms with Crippen molar-refractivity contribution in [2.75, 3.05) is 0 Å². The predicted molar refractivity (Wildman–Crippen MR) is 64.7 cm³/mol. The lowest BCUT2D eigenvalue weighted by molar-refractivity contribution is 0.305. The second-order valence-electron chi connectivity index (χ2n) is 3.38. The Balaban J connectivity index is 2.10. The summed E-state index contributed by atoms with van der Waals surface area (Å²) in [6.45, 7) is 0.362. The van der Waals surface area contributed by atoms with Crippen LogP contribution in [-0.2, 0) is 6.61 Å². The Labute approximate surface area is 104 Å². The molecule has 0 amide bonds. The second-order valence-corrected chi connectivity index (χ2v) is 3.77. The molecule has 0 N–H and O–H groups in total. The van der Waals surface area contributed by atoms with Crippen molar-refractivity contribution >= 4 is 11.6 Å². The molecule has 0 radical (unpaired) electrons. The molecule has 1 aromatic heterocycles. The Morgan fingerprint density at radius 1 is 1.29 bits per heavy atom. The molecule has 0 aliphatic carbocycles. The van der Waals surface area contributed by atoms with Crippen molar-refractivity contribution in [3.8, 4) is 11.8 Å². The van der Waals surface area contributed by atoms with E-state index in [0.717, 1.165) is 5.56 Å². The Morgan fingerprint density at radius 3 is 2.88 bits per heavy atom. The molecule has 0 atom stereocenters. The molecule has 84 valence electrons. The summed E-state index contributed by atoms with van der Waals surface area (Å²) in [5, 5.41) is 9.33. The van der Waals surface area contributed by atoms with Crippen LogP contribution in [0, 0.1) is 11.3 Å². The van der Waals surface area contributed by atoms with Crippen LogP contribution in [0.2, 0.25) is 5.15 Å². The monoisotopic (exact) mass is 244 g/mol. The van der Waals surface area contributed by atoms with Crippen molar-refractivity contribution in [2.45, 2.75) is 6.61 Å². The summed E-state index contributed by atoms with van der Waals surface area (Å²) in [6.07, 6.45) is 1.62. The Kier molecular flexibility index (Phi) is 3.59. The van der Waals surface area contributed by atoms with Crippen LogP contribution in [0.4, 0.5) is 0 Å². The highest BCUT2D eigenvalue weighted by Gasteiger charge is 2.02. The molecule has 0 bridgehead atoms. The Hall–Kier alpha value is -2.05. The number of nitrogens with zero attached hydrogens (tertiary/aromatic N) is 2. The third-order valence-electron chi connectivity index (χ3n) is 2.19. The smallest absolute Gasteiger partial charge is 0.137 e. The molecular formula is C13H9ClN2O. The van der Waals surface area contributed by atoms with Gasteiger partial charge in [-0.25, -0.2) is 4.98 Å². The number of rotatable bonds is 3. The van der Waals surface area contributed by atoms with E-state index in [2.05, 4.69) is 11.1 Å². The van der Waals surface area contributed by atoms with E-state index >= 15 is 0 Å².